The van der Waals surface area contributed by atoms with Gasteiger partial charge in [-0.1, -0.05) is 12.1 Å². The normalized spacial score (nSPS) is 11.9. The topological polar surface area (TPSA) is 78.3 Å². The third-order valence-corrected chi connectivity index (χ3v) is 2.85. The van der Waals surface area contributed by atoms with Crippen molar-refractivity contribution in [2.24, 2.45) is 11.5 Å². The first-order valence-corrected chi connectivity index (χ1v) is 6.10. The molecule has 0 saturated carbocycles. The van der Waals surface area contributed by atoms with Gasteiger partial charge in [0.25, 0.3) is 0 Å². The second-order valence-electron chi connectivity index (χ2n) is 4.44. The van der Waals surface area contributed by atoms with Gasteiger partial charge in [-0.25, -0.2) is 4.39 Å². The third kappa shape index (κ3) is 2.95. The minimum absolute atomic E-state index is 0.0920. The summed E-state index contributed by atoms with van der Waals surface area (Å²) in [6, 6.07) is 10.4. The predicted molar refractivity (Wildman–Crippen MR) is 74.0 cm³/mol. The summed E-state index contributed by atoms with van der Waals surface area (Å²) in [7, 11) is 0. The van der Waals surface area contributed by atoms with E-state index in [0.717, 1.165) is 0 Å². The van der Waals surface area contributed by atoms with Crippen molar-refractivity contribution in [3.05, 3.63) is 59.4 Å². The van der Waals surface area contributed by atoms with Gasteiger partial charge in [0.2, 0.25) is 5.91 Å². The summed E-state index contributed by atoms with van der Waals surface area (Å²) < 4.78 is 19.4. The molecule has 1 amide bonds. The first-order chi connectivity index (χ1) is 9.49. The van der Waals surface area contributed by atoms with Crippen molar-refractivity contribution in [1.29, 1.82) is 0 Å². The second kappa shape index (κ2) is 5.71. The van der Waals surface area contributed by atoms with E-state index in [1.807, 2.05) is 0 Å². The quantitative estimate of drug-likeness (QED) is 0.899. The van der Waals surface area contributed by atoms with Crippen molar-refractivity contribution >= 4 is 5.91 Å². The molecule has 0 aliphatic carbocycles. The molecular formula is C15H15FN2O2. The number of halogens is 1. The molecule has 4 N–H and O–H groups in total. The van der Waals surface area contributed by atoms with Gasteiger partial charge in [0.05, 0.1) is 0 Å². The maximum atomic E-state index is 13.8. The molecule has 104 valence electrons. The van der Waals surface area contributed by atoms with Crippen LogP contribution in [0.3, 0.4) is 0 Å². The van der Waals surface area contributed by atoms with Crippen LogP contribution >= 0.6 is 0 Å². The summed E-state index contributed by atoms with van der Waals surface area (Å²) >= 11 is 0. The fourth-order valence-electron chi connectivity index (χ4n) is 1.80. The molecule has 0 aromatic heterocycles. The summed E-state index contributed by atoms with van der Waals surface area (Å²) in [4.78, 5) is 11.0. The summed E-state index contributed by atoms with van der Waals surface area (Å²) in [6.45, 7) is 1.75. The van der Waals surface area contributed by atoms with Gasteiger partial charge >= 0.3 is 0 Å². The summed E-state index contributed by atoms with van der Waals surface area (Å²) in [6.07, 6.45) is 0. The van der Waals surface area contributed by atoms with Gasteiger partial charge in [0.15, 0.2) is 11.6 Å². The molecule has 1 atom stereocenters. The van der Waals surface area contributed by atoms with Gasteiger partial charge in [-0.05, 0) is 37.3 Å². The highest BCUT2D eigenvalue weighted by atomic mass is 19.1. The van der Waals surface area contributed by atoms with E-state index in [9.17, 15) is 9.18 Å². The Kier molecular flexibility index (Phi) is 4.00. The molecular weight excluding hydrogens is 259 g/mol. The van der Waals surface area contributed by atoms with Gasteiger partial charge in [0, 0.05) is 17.2 Å². The first-order valence-electron chi connectivity index (χ1n) is 6.10. The Morgan fingerprint density at radius 3 is 2.40 bits per heavy atom. The molecule has 0 heterocycles. The molecule has 2 aromatic carbocycles. The van der Waals surface area contributed by atoms with E-state index >= 15 is 0 Å². The van der Waals surface area contributed by atoms with Crippen LogP contribution in [-0.2, 0) is 0 Å². The zero-order valence-corrected chi connectivity index (χ0v) is 11.0. The van der Waals surface area contributed by atoms with Gasteiger partial charge in [-0.2, -0.15) is 0 Å². The van der Waals surface area contributed by atoms with Crippen LogP contribution in [0.4, 0.5) is 4.39 Å². The highest BCUT2D eigenvalue weighted by Crippen LogP contribution is 2.31. The number of ether oxygens (including phenoxy) is 1. The Hall–Kier alpha value is -2.40. The largest absolute Gasteiger partial charge is 0.454 e. The second-order valence-corrected chi connectivity index (χ2v) is 4.44. The van der Waals surface area contributed by atoms with Crippen molar-refractivity contribution in [2.45, 2.75) is 13.0 Å². The van der Waals surface area contributed by atoms with Crippen LogP contribution in [0.1, 0.15) is 28.9 Å². The van der Waals surface area contributed by atoms with Gasteiger partial charge in [-0.15, -0.1) is 0 Å². The van der Waals surface area contributed by atoms with Crippen molar-refractivity contribution < 1.29 is 13.9 Å². The summed E-state index contributed by atoms with van der Waals surface area (Å²) in [5.41, 5.74) is 11.9. The predicted octanol–water partition coefficient (Wildman–Crippen LogP) is 2.74. The van der Waals surface area contributed by atoms with E-state index in [-0.39, 0.29) is 11.8 Å². The Morgan fingerprint density at radius 2 is 1.85 bits per heavy atom. The smallest absolute Gasteiger partial charge is 0.248 e. The van der Waals surface area contributed by atoms with Crippen LogP contribution in [0.15, 0.2) is 42.5 Å². The average Bonchev–Trinajstić information content (AvgIpc) is 2.41. The lowest BCUT2D eigenvalue weighted by Crippen LogP contribution is -2.10. The van der Waals surface area contributed by atoms with Gasteiger partial charge in [-0.3, -0.25) is 4.79 Å². The monoisotopic (exact) mass is 274 g/mol. The number of nitrogens with two attached hydrogens (primary N) is 2. The molecule has 0 saturated heterocycles. The van der Waals surface area contributed by atoms with Crippen LogP contribution in [0.2, 0.25) is 0 Å². The van der Waals surface area contributed by atoms with E-state index in [1.54, 1.807) is 31.2 Å². The van der Waals surface area contributed by atoms with Crippen LogP contribution < -0.4 is 16.2 Å². The van der Waals surface area contributed by atoms with Crippen molar-refractivity contribution in [1.82, 2.24) is 0 Å². The lowest BCUT2D eigenvalue weighted by molar-refractivity contribution is 0.100. The lowest BCUT2D eigenvalue weighted by Gasteiger charge is -2.14. The highest BCUT2D eigenvalue weighted by molar-refractivity contribution is 5.92. The van der Waals surface area contributed by atoms with E-state index in [2.05, 4.69) is 0 Å². The molecule has 4 nitrogen and oxygen atoms in total. The maximum Gasteiger partial charge on any atom is 0.248 e. The number of hydrogen-bond donors (Lipinski definition) is 2. The number of hydrogen-bond acceptors (Lipinski definition) is 3. The third-order valence-electron chi connectivity index (χ3n) is 2.85. The van der Waals surface area contributed by atoms with Gasteiger partial charge in [0.1, 0.15) is 5.75 Å². The molecule has 2 rings (SSSR count). The number of carbonyl (C=O) groups is 1. The highest BCUT2D eigenvalue weighted by Gasteiger charge is 2.14. The molecule has 0 bridgehead atoms. The molecule has 20 heavy (non-hydrogen) atoms. The number of rotatable bonds is 4. The zero-order valence-electron chi connectivity index (χ0n) is 11.0. The number of amides is 1. The van der Waals surface area contributed by atoms with E-state index in [1.165, 1.54) is 18.2 Å². The lowest BCUT2D eigenvalue weighted by atomic mass is 10.1. The van der Waals surface area contributed by atoms with E-state index in [4.69, 9.17) is 16.2 Å². The number of benzene rings is 2. The van der Waals surface area contributed by atoms with E-state index in [0.29, 0.717) is 16.9 Å². The Labute approximate surface area is 116 Å². The maximum absolute atomic E-state index is 13.8. The molecule has 5 heteroatoms. The van der Waals surface area contributed by atoms with Crippen LogP contribution in [-0.4, -0.2) is 5.91 Å². The first kappa shape index (κ1) is 14.0. The Bertz CT molecular complexity index is 624. The van der Waals surface area contributed by atoms with Crippen molar-refractivity contribution in [3.63, 3.8) is 0 Å². The SMILES string of the molecule is C[C@@H](N)c1cccc(F)c1Oc1ccc(C(N)=O)cc1. The molecule has 0 unspecified atom stereocenters. The summed E-state index contributed by atoms with van der Waals surface area (Å²) in [5, 5.41) is 0. The minimum atomic E-state index is -0.529. The minimum Gasteiger partial charge on any atom is -0.454 e. The van der Waals surface area contributed by atoms with E-state index < -0.39 is 11.7 Å². The molecule has 0 aliphatic rings. The molecule has 0 fully saturated rings. The van der Waals surface area contributed by atoms with Crippen molar-refractivity contribution in [3.8, 4) is 11.5 Å². The molecule has 2 aromatic rings. The number of primary amides is 1. The average molecular weight is 274 g/mol. The fourth-order valence-corrected chi connectivity index (χ4v) is 1.80. The standard InChI is InChI=1S/C15H15FN2O2/c1-9(17)12-3-2-4-13(16)14(12)20-11-7-5-10(6-8-11)15(18)19/h2-9H,17H2,1H3,(H2,18,19)/t9-/m1/s1. The van der Waals surface area contributed by atoms with Gasteiger partial charge < -0.3 is 16.2 Å². The molecule has 0 radical (unpaired) electrons. The zero-order chi connectivity index (χ0) is 14.7. The van der Waals surface area contributed by atoms with Crippen LogP contribution in [0.5, 0.6) is 11.5 Å². The molecule has 0 spiro atoms. The molecule has 0 aliphatic heterocycles. The van der Waals surface area contributed by atoms with Crippen LogP contribution in [0.25, 0.3) is 0 Å². The van der Waals surface area contributed by atoms with Crippen LogP contribution in [0, 0.1) is 5.82 Å². The van der Waals surface area contributed by atoms with Crippen molar-refractivity contribution in [2.75, 3.05) is 0 Å². The number of para-hydroxylation sites is 1. The Morgan fingerprint density at radius 1 is 1.20 bits per heavy atom. The Balaban J connectivity index is 2.32. The summed E-state index contributed by atoms with van der Waals surface area (Å²) in [5.74, 6) is -0.520. The number of carbonyl (C=O) groups excluding carboxylic acids is 1. The fraction of sp³-hybridized carbons (Fsp3) is 0.133.